The minimum absolute atomic E-state index is 0.259. The van der Waals surface area contributed by atoms with Crippen LogP contribution in [0.3, 0.4) is 0 Å². The minimum Gasteiger partial charge on any atom is -0.486 e. The van der Waals surface area contributed by atoms with Gasteiger partial charge in [0.2, 0.25) is 0 Å². The summed E-state index contributed by atoms with van der Waals surface area (Å²) in [6.45, 7) is 7.96. The number of benzene rings is 3. The van der Waals surface area contributed by atoms with Gasteiger partial charge in [0.05, 0.1) is 45.8 Å². The van der Waals surface area contributed by atoms with E-state index in [9.17, 15) is 9.59 Å². The summed E-state index contributed by atoms with van der Waals surface area (Å²) in [6, 6.07) is 16.3. The molecule has 2 aromatic heterocycles. The van der Waals surface area contributed by atoms with Gasteiger partial charge in [-0.1, -0.05) is 0 Å². The maximum atomic E-state index is 11.1. The fourth-order valence-electron chi connectivity index (χ4n) is 5.90. The number of carboxylic acid groups (broad SMARTS) is 2. The molecule has 13 heteroatoms. The van der Waals surface area contributed by atoms with Gasteiger partial charge < -0.3 is 33.7 Å². The van der Waals surface area contributed by atoms with Crippen LogP contribution in [0.1, 0.15) is 33.6 Å². The van der Waals surface area contributed by atoms with E-state index in [0.717, 1.165) is 86.7 Å². The topological polar surface area (TPSA) is 135 Å². The largest absolute Gasteiger partial charge is 0.486 e. The Morgan fingerprint density at radius 2 is 1.28 bits per heavy atom. The first kappa shape index (κ1) is 32.1. The highest BCUT2D eigenvalue weighted by Crippen LogP contribution is 2.34. The molecule has 3 aromatic carbocycles. The zero-order valence-corrected chi connectivity index (χ0v) is 26.7. The molecule has 0 saturated carbocycles. The third kappa shape index (κ3) is 7.61. The summed E-state index contributed by atoms with van der Waals surface area (Å²) in [5.41, 5.74) is 5.07. The molecule has 12 nitrogen and oxygen atoms in total. The highest BCUT2D eigenvalue weighted by atomic mass is 35.5. The average molecular weight is 661 g/mol. The number of rotatable bonds is 10. The van der Waals surface area contributed by atoms with E-state index in [1.165, 1.54) is 5.69 Å². The summed E-state index contributed by atoms with van der Waals surface area (Å²) in [6.07, 6.45) is 5.41. The van der Waals surface area contributed by atoms with Gasteiger partial charge in [0.1, 0.15) is 13.2 Å². The van der Waals surface area contributed by atoms with E-state index >= 15 is 0 Å². The van der Waals surface area contributed by atoms with Gasteiger partial charge in [-0.2, -0.15) is 0 Å². The Bertz CT molecular complexity index is 1860. The fraction of sp³-hybridized carbons (Fsp3) is 0.353. The zero-order chi connectivity index (χ0) is 32.8. The molecular formula is C34H37ClN6O6. The van der Waals surface area contributed by atoms with Gasteiger partial charge in [0.15, 0.2) is 11.5 Å². The van der Waals surface area contributed by atoms with Crippen LogP contribution in [0.5, 0.6) is 11.5 Å². The molecule has 47 heavy (non-hydrogen) atoms. The Hall–Kier alpha value is -4.81. The van der Waals surface area contributed by atoms with Crippen molar-refractivity contribution in [1.29, 1.82) is 0 Å². The lowest BCUT2D eigenvalue weighted by molar-refractivity contribution is 0.0686. The Balaban J connectivity index is 0.000000203. The smallest absolute Gasteiger partial charge is 0.335 e. The normalized spacial score (nSPS) is 14.6. The van der Waals surface area contributed by atoms with Crippen LogP contribution in [-0.4, -0.2) is 98.0 Å². The number of carboxylic acids is 2. The summed E-state index contributed by atoms with van der Waals surface area (Å²) in [5.74, 6) is 0.422. The molecule has 0 aliphatic carbocycles. The molecule has 1 fully saturated rings. The molecule has 5 aromatic rings. The van der Waals surface area contributed by atoms with E-state index in [1.807, 2.05) is 16.7 Å². The number of carbonyl (C=O) groups is 2. The summed E-state index contributed by atoms with van der Waals surface area (Å²) in [4.78, 5) is 35.3. The van der Waals surface area contributed by atoms with Crippen LogP contribution in [0, 0.1) is 0 Å². The number of alkyl halides is 1. The monoisotopic (exact) mass is 660 g/mol. The molecule has 0 bridgehead atoms. The number of aromatic nitrogens is 4. The number of piperazine rings is 1. The maximum absolute atomic E-state index is 11.1. The Labute approximate surface area is 276 Å². The summed E-state index contributed by atoms with van der Waals surface area (Å²) in [7, 11) is 0. The SMILES string of the molecule is O=C(O)c1ccc2c(c1)ncn2CCCCl.O=C(O)c1ccc2c(c1)ncn2CCCN1CCN(c2ccc3c(c2)OCCO3)CC1. The van der Waals surface area contributed by atoms with Gasteiger partial charge >= 0.3 is 11.9 Å². The highest BCUT2D eigenvalue weighted by Gasteiger charge is 2.20. The number of halogens is 1. The number of aryl methyl sites for hydroxylation is 2. The first-order valence-electron chi connectivity index (χ1n) is 15.7. The average Bonchev–Trinajstić information content (AvgIpc) is 3.70. The van der Waals surface area contributed by atoms with Gasteiger partial charge in [-0.3, -0.25) is 4.90 Å². The van der Waals surface area contributed by atoms with Crippen molar-refractivity contribution in [3.63, 3.8) is 0 Å². The molecular weight excluding hydrogens is 624 g/mol. The molecule has 0 amide bonds. The second-order valence-electron chi connectivity index (χ2n) is 11.4. The van der Waals surface area contributed by atoms with Crippen molar-refractivity contribution in [2.45, 2.75) is 25.9 Å². The summed E-state index contributed by atoms with van der Waals surface area (Å²) < 4.78 is 15.4. The molecule has 1 saturated heterocycles. The third-order valence-corrected chi connectivity index (χ3v) is 8.67. The number of fused-ring (bicyclic) bond motifs is 3. The third-order valence-electron chi connectivity index (χ3n) is 8.41. The van der Waals surface area contributed by atoms with Crippen molar-refractivity contribution in [2.75, 3.05) is 56.7 Å². The molecule has 2 aliphatic rings. The predicted molar refractivity (Wildman–Crippen MR) is 179 cm³/mol. The maximum Gasteiger partial charge on any atom is 0.335 e. The molecule has 0 spiro atoms. The molecule has 2 N–H and O–H groups in total. The summed E-state index contributed by atoms with van der Waals surface area (Å²) >= 11 is 5.62. The number of hydrogen-bond donors (Lipinski definition) is 2. The van der Waals surface area contributed by atoms with Crippen LogP contribution in [0.15, 0.2) is 67.3 Å². The van der Waals surface area contributed by atoms with Crippen LogP contribution in [-0.2, 0) is 13.1 Å². The predicted octanol–water partition coefficient (Wildman–Crippen LogP) is 5.08. The molecule has 246 valence electrons. The lowest BCUT2D eigenvalue weighted by Crippen LogP contribution is -2.46. The number of aromatic carboxylic acids is 2. The first-order chi connectivity index (χ1) is 22.9. The van der Waals surface area contributed by atoms with Crippen molar-refractivity contribution in [1.82, 2.24) is 24.0 Å². The van der Waals surface area contributed by atoms with Crippen molar-refractivity contribution < 1.29 is 29.3 Å². The van der Waals surface area contributed by atoms with Gasteiger partial charge in [0, 0.05) is 56.9 Å². The number of imidazole rings is 2. The van der Waals surface area contributed by atoms with E-state index in [-0.39, 0.29) is 11.1 Å². The van der Waals surface area contributed by atoms with Crippen molar-refractivity contribution >= 4 is 51.3 Å². The van der Waals surface area contributed by atoms with Crippen LogP contribution >= 0.6 is 11.6 Å². The lowest BCUT2D eigenvalue weighted by atomic mass is 10.2. The van der Waals surface area contributed by atoms with Crippen molar-refractivity contribution in [3.05, 3.63) is 78.4 Å². The minimum atomic E-state index is -0.933. The summed E-state index contributed by atoms with van der Waals surface area (Å²) in [5, 5.41) is 18.0. The van der Waals surface area contributed by atoms with Crippen LogP contribution in [0.25, 0.3) is 22.1 Å². The van der Waals surface area contributed by atoms with Gasteiger partial charge in [0.25, 0.3) is 0 Å². The molecule has 0 radical (unpaired) electrons. The zero-order valence-electron chi connectivity index (χ0n) is 25.9. The second kappa shape index (κ2) is 14.7. The van der Waals surface area contributed by atoms with E-state index < -0.39 is 11.9 Å². The molecule has 0 unspecified atom stereocenters. The fourth-order valence-corrected chi connectivity index (χ4v) is 6.02. The lowest BCUT2D eigenvalue weighted by Gasteiger charge is -2.36. The number of anilines is 1. The van der Waals surface area contributed by atoms with E-state index in [2.05, 4.69) is 36.5 Å². The molecule has 4 heterocycles. The quantitative estimate of drug-likeness (QED) is 0.195. The Morgan fingerprint density at radius 3 is 1.85 bits per heavy atom. The number of hydrogen-bond acceptors (Lipinski definition) is 8. The number of ether oxygens (including phenoxy) is 2. The highest BCUT2D eigenvalue weighted by molar-refractivity contribution is 6.17. The molecule has 0 atom stereocenters. The standard InChI is InChI=1S/C23H26N4O4.C11H11ClN2O2/c28-23(29)17-2-4-20-19(14-17)24-16-27(20)7-1-6-25-8-10-26(11-9-25)18-3-5-21-22(15-18)31-13-12-30-21;12-4-1-5-14-7-13-9-6-8(11(15)16)2-3-10(9)14/h2-5,14-16H,1,6-13H2,(H,28,29);2-3,6-7H,1,4-5H2,(H,15,16). The van der Waals surface area contributed by atoms with Crippen LogP contribution in [0.4, 0.5) is 5.69 Å². The van der Waals surface area contributed by atoms with E-state index in [1.54, 1.807) is 43.0 Å². The van der Waals surface area contributed by atoms with Crippen LogP contribution < -0.4 is 14.4 Å². The van der Waals surface area contributed by atoms with E-state index in [4.69, 9.17) is 31.3 Å². The van der Waals surface area contributed by atoms with Crippen molar-refractivity contribution in [2.24, 2.45) is 0 Å². The van der Waals surface area contributed by atoms with Gasteiger partial charge in [-0.25, -0.2) is 19.6 Å². The number of nitrogens with zero attached hydrogens (tertiary/aromatic N) is 6. The molecule has 7 rings (SSSR count). The van der Waals surface area contributed by atoms with Gasteiger partial charge in [-0.15, -0.1) is 11.6 Å². The Morgan fingerprint density at radius 1 is 0.702 bits per heavy atom. The molecule has 2 aliphatic heterocycles. The van der Waals surface area contributed by atoms with Gasteiger partial charge in [-0.05, 0) is 67.9 Å². The second-order valence-corrected chi connectivity index (χ2v) is 11.8. The van der Waals surface area contributed by atoms with Crippen molar-refractivity contribution in [3.8, 4) is 11.5 Å². The van der Waals surface area contributed by atoms with E-state index in [0.29, 0.717) is 24.6 Å². The van der Waals surface area contributed by atoms with Crippen LogP contribution in [0.2, 0.25) is 0 Å². The Kier molecular flexibility index (Phi) is 10.1. The first-order valence-corrected chi connectivity index (χ1v) is 16.2.